The molecule has 0 aromatic heterocycles. The van der Waals surface area contributed by atoms with Crippen LogP contribution in [0.4, 0.5) is 0 Å². The Kier molecular flexibility index (Phi) is 9.03. The van der Waals surface area contributed by atoms with Crippen molar-refractivity contribution in [3.63, 3.8) is 0 Å². The van der Waals surface area contributed by atoms with E-state index in [0.29, 0.717) is 10.8 Å². The summed E-state index contributed by atoms with van der Waals surface area (Å²) in [5.41, 5.74) is 3.17. The topological polar surface area (TPSA) is 0 Å². The second-order valence-corrected chi connectivity index (χ2v) is 26.9. The van der Waals surface area contributed by atoms with Gasteiger partial charge in [-0.1, -0.05) is 68.5 Å². The second-order valence-electron chi connectivity index (χ2n) is 19.5. The molecule has 4 saturated carbocycles. The van der Waals surface area contributed by atoms with E-state index in [-0.39, 0.29) is 0 Å². The molecule has 0 nitrogen and oxygen atoms in total. The summed E-state index contributed by atoms with van der Waals surface area (Å²) >= 11 is 5.00. The van der Waals surface area contributed by atoms with Crippen LogP contribution in [0.5, 0.6) is 0 Å². The van der Waals surface area contributed by atoms with Gasteiger partial charge in [-0.2, -0.15) is 23.5 Å². The molecule has 3 heteroatoms. The number of fused-ring (bicyclic) bond motifs is 2. The molecule has 6 fully saturated rings. The molecule has 2 heterocycles. The summed E-state index contributed by atoms with van der Waals surface area (Å²) in [6.07, 6.45) is 15.3. The molecule has 0 amide bonds. The Labute approximate surface area is 266 Å². The molecule has 4 aliphatic carbocycles. The van der Waals surface area contributed by atoms with Gasteiger partial charge in [0.05, 0.1) is 8.07 Å². The summed E-state index contributed by atoms with van der Waals surface area (Å²) in [4.78, 5) is 0. The molecule has 0 aromatic rings. The van der Waals surface area contributed by atoms with Crippen molar-refractivity contribution in [2.45, 2.75) is 154 Å². The summed E-state index contributed by atoms with van der Waals surface area (Å²) in [5, 5.41) is 2.02. The van der Waals surface area contributed by atoms with Gasteiger partial charge in [-0.25, -0.2) is 0 Å². The van der Waals surface area contributed by atoms with Crippen LogP contribution in [0.15, 0.2) is 0 Å². The molecule has 10 atom stereocenters. The van der Waals surface area contributed by atoms with E-state index in [1.807, 2.05) is 0 Å². The summed E-state index contributed by atoms with van der Waals surface area (Å²) < 4.78 is 0. The van der Waals surface area contributed by atoms with Crippen LogP contribution in [-0.2, 0) is 0 Å². The normalized spacial score (nSPS) is 49.3. The van der Waals surface area contributed by atoms with Gasteiger partial charge in [0.15, 0.2) is 0 Å². The van der Waals surface area contributed by atoms with Gasteiger partial charge >= 0.3 is 0 Å². The lowest BCUT2D eigenvalue weighted by molar-refractivity contribution is 0.114. The van der Waals surface area contributed by atoms with Gasteiger partial charge in [-0.3, -0.25) is 0 Å². The van der Waals surface area contributed by atoms with Crippen LogP contribution >= 0.6 is 23.5 Å². The Morgan fingerprint density at radius 3 is 1.17 bits per heavy atom. The minimum absolute atomic E-state index is 0.513. The number of hydrogen-bond acceptors (Lipinski definition) is 2. The first-order chi connectivity index (χ1) is 19.2. The maximum atomic E-state index is 2.92. The van der Waals surface area contributed by atoms with Gasteiger partial charge in [-0.05, 0) is 157 Å². The van der Waals surface area contributed by atoms with Crippen molar-refractivity contribution in [2.75, 3.05) is 11.5 Å². The van der Waals surface area contributed by atoms with Crippen molar-refractivity contribution in [3.05, 3.63) is 0 Å². The fourth-order valence-electron chi connectivity index (χ4n) is 12.9. The van der Waals surface area contributed by atoms with Crippen LogP contribution in [0.25, 0.3) is 0 Å². The highest BCUT2D eigenvalue weighted by Crippen LogP contribution is 2.68. The Morgan fingerprint density at radius 2 is 0.854 bits per heavy atom. The lowest BCUT2D eigenvalue weighted by Crippen LogP contribution is -2.47. The average molecular weight is 617 g/mol. The van der Waals surface area contributed by atoms with Crippen molar-refractivity contribution >= 4 is 31.6 Å². The van der Waals surface area contributed by atoms with Gasteiger partial charge in [0.25, 0.3) is 0 Å². The minimum Gasteiger partial charge on any atom is -0.158 e. The number of hydrogen-bond donors (Lipinski definition) is 0. The highest BCUT2D eigenvalue weighted by Gasteiger charge is 2.62. The molecule has 2 aliphatic heterocycles. The van der Waals surface area contributed by atoms with E-state index >= 15 is 0 Å². The van der Waals surface area contributed by atoms with E-state index in [1.54, 1.807) is 12.8 Å². The zero-order chi connectivity index (χ0) is 29.5. The van der Waals surface area contributed by atoms with Crippen LogP contribution in [0.3, 0.4) is 0 Å². The molecule has 6 rings (SSSR count). The van der Waals surface area contributed by atoms with Gasteiger partial charge in [0, 0.05) is 10.5 Å². The van der Waals surface area contributed by atoms with Gasteiger partial charge < -0.3 is 0 Å². The van der Waals surface area contributed by atoms with E-state index in [2.05, 4.69) is 92.0 Å². The molecule has 0 spiro atoms. The lowest BCUT2D eigenvalue weighted by Gasteiger charge is -2.44. The zero-order valence-electron chi connectivity index (χ0n) is 28.9. The third-order valence-corrected chi connectivity index (χ3v) is 24.0. The molecule has 0 aromatic carbocycles. The highest BCUT2D eigenvalue weighted by atomic mass is 32.2. The molecule has 0 N–H and O–H groups in total. The molecule has 6 aliphatic rings. The van der Waals surface area contributed by atoms with Crippen LogP contribution in [0.1, 0.15) is 120 Å². The SMILES string of the molecule is CC1CC2C(C3CCC(C(C)(C)C)CC3)CSC2C1[Si](C)(C)C1C(C)CC2C(C3CCC(C(C)(C)C)CC3)CSC21. The van der Waals surface area contributed by atoms with E-state index < -0.39 is 8.07 Å². The van der Waals surface area contributed by atoms with Gasteiger partial charge in [-0.15, -0.1) is 0 Å². The minimum atomic E-state index is -1.41. The first-order valence-corrected chi connectivity index (χ1v) is 23.7. The third kappa shape index (κ3) is 5.85. The maximum absolute atomic E-state index is 2.92. The Bertz CT molecular complexity index is 826. The Hall–Kier alpha value is 0.917. The first kappa shape index (κ1) is 31.9. The van der Waals surface area contributed by atoms with E-state index in [9.17, 15) is 0 Å². The standard InChI is InChI=1S/C38H68S2Si/c1-23-19-29-31(25-11-15-27(16-12-25)37(3,4)5)21-39-33(29)35(23)41(9,10)36-24(2)20-30-32(22-40-34(30)36)26-13-17-28(18-14-26)38(6,7)8/h23-36H,11-22H2,1-10H3. The van der Waals surface area contributed by atoms with Crippen molar-refractivity contribution in [2.24, 2.45) is 70.0 Å². The molecular formula is C38H68S2Si. The first-order valence-electron chi connectivity index (χ1n) is 18.4. The molecule has 10 unspecified atom stereocenters. The molecule has 41 heavy (non-hydrogen) atoms. The number of thioether (sulfide) groups is 2. The van der Waals surface area contributed by atoms with Crippen LogP contribution < -0.4 is 0 Å². The van der Waals surface area contributed by atoms with Crippen molar-refractivity contribution in [1.82, 2.24) is 0 Å². The lowest BCUT2D eigenvalue weighted by atomic mass is 9.66. The van der Waals surface area contributed by atoms with Gasteiger partial charge in [0.1, 0.15) is 0 Å². The summed E-state index contributed by atoms with van der Waals surface area (Å²) in [6, 6.07) is 0. The highest BCUT2D eigenvalue weighted by molar-refractivity contribution is 8.00. The van der Waals surface area contributed by atoms with Crippen LogP contribution in [0.2, 0.25) is 24.2 Å². The maximum Gasteiger partial charge on any atom is 0.0563 e. The number of rotatable bonds is 4. The molecular weight excluding hydrogens is 549 g/mol. The summed E-state index contributed by atoms with van der Waals surface area (Å²) in [6.45, 7) is 26.2. The molecule has 0 bridgehead atoms. The van der Waals surface area contributed by atoms with Crippen LogP contribution in [0, 0.1) is 70.0 Å². The monoisotopic (exact) mass is 616 g/mol. The van der Waals surface area contributed by atoms with E-state index in [0.717, 1.165) is 80.8 Å². The Balaban J connectivity index is 1.11. The molecule has 236 valence electrons. The van der Waals surface area contributed by atoms with Crippen molar-refractivity contribution < 1.29 is 0 Å². The van der Waals surface area contributed by atoms with Gasteiger partial charge in [0.2, 0.25) is 0 Å². The summed E-state index contributed by atoms with van der Waals surface area (Å²) in [7, 11) is -1.41. The fraction of sp³-hybridized carbons (Fsp3) is 1.00. The van der Waals surface area contributed by atoms with Crippen molar-refractivity contribution in [3.8, 4) is 0 Å². The van der Waals surface area contributed by atoms with E-state index in [4.69, 9.17) is 0 Å². The molecule has 0 radical (unpaired) electrons. The second kappa shape index (κ2) is 11.6. The molecule has 2 saturated heterocycles. The predicted molar refractivity (Wildman–Crippen MR) is 189 cm³/mol. The summed E-state index contributed by atoms with van der Waals surface area (Å²) in [5.74, 6) is 13.2. The fourth-order valence-corrected chi connectivity index (χ4v) is 25.4. The van der Waals surface area contributed by atoms with Crippen molar-refractivity contribution in [1.29, 1.82) is 0 Å². The third-order valence-electron chi connectivity index (χ3n) is 15.1. The van der Waals surface area contributed by atoms with E-state index in [1.165, 1.54) is 62.9 Å². The average Bonchev–Trinajstić information content (AvgIpc) is 3.62. The van der Waals surface area contributed by atoms with Crippen LogP contribution in [-0.4, -0.2) is 30.1 Å². The zero-order valence-corrected chi connectivity index (χ0v) is 31.5. The largest absolute Gasteiger partial charge is 0.158 e. The Morgan fingerprint density at radius 1 is 0.512 bits per heavy atom. The smallest absolute Gasteiger partial charge is 0.0563 e. The quantitative estimate of drug-likeness (QED) is 0.288. The predicted octanol–water partition coefficient (Wildman–Crippen LogP) is 11.9.